The molecule has 18 heavy (non-hydrogen) atoms. The van der Waals surface area contributed by atoms with E-state index in [2.05, 4.69) is 9.97 Å². The fourth-order valence-electron chi connectivity index (χ4n) is 1.99. The van der Waals surface area contributed by atoms with Gasteiger partial charge in [0.2, 0.25) is 0 Å². The van der Waals surface area contributed by atoms with Crippen molar-refractivity contribution in [2.75, 3.05) is 0 Å². The van der Waals surface area contributed by atoms with Gasteiger partial charge in [-0.3, -0.25) is 14.6 Å². The van der Waals surface area contributed by atoms with E-state index in [0.29, 0.717) is 23.7 Å². The zero-order valence-corrected chi connectivity index (χ0v) is 9.33. The number of aldehydes is 2. The molecule has 2 heterocycles. The Morgan fingerprint density at radius 1 is 0.944 bits per heavy atom. The summed E-state index contributed by atoms with van der Waals surface area (Å²) in [4.78, 5) is 30.3. The highest BCUT2D eigenvalue weighted by Crippen LogP contribution is 2.23. The van der Waals surface area contributed by atoms with Crippen LogP contribution in [0, 0.1) is 0 Å². The number of carbonyl (C=O) groups is 2. The molecule has 4 nitrogen and oxygen atoms in total. The smallest absolute Gasteiger partial charge is 0.169 e. The molecular weight excluding hydrogens is 228 g/mol. The monoisotopic (exact) mass is 236 g/mol. The van der Waals surface area contributed by atoms with E-state index >= 15 is 0 Å². The Kier molecular flexibility index (Phi) is 2.34. The van der Waals surface area contributed by atoms with Crippen LogP contribution in [0.1, 0.15) is 20.8 Å². The minimum absolute atomic E-state index is 0.149. The molecule has 3 aromatic rings. The van der Waals surface area contributed by atoms with Crippen molar-refractivity contribution in [2.45, 2.75) is 0 Å². The maximum absolute atomic E-state index is 10.9. The van der Waals surface area contributed by atoms with Crippen LogP contribution < -0.4 is 0 Å². The van der Waals surface area contributed by atoms with Gasteiger partial charge in [0.05, 0.1) is 11.0 Å². The van der Waals surface area contributed by atoms with Gasteiger partial charge in [-0.1, -0.05) is 18.2 Å². The summed E-state index contributed by atoms with van der Waals surface area (Å²) in [5.41, 5.74) is 1.82. The summed E-state index contributed by atoms with van der Waals surface area (Å²) in [5.74, 6) is 0. The first-order valence-corrected chi connectivity index (χ1v) is 5.42. The van der Waals surface area contributed by atoms with E-state index in [1.165, 1.54) is 0 Å². The lowest BCUT2D eigenvalue weighted by atomic mass is 10.1. The second kappa shape index (κ2) is 4.00. The van der Waals surface area contributed by atoms with Crippen LogP contribution in [0.3, 0.4) is 0 Å². The molecule has 4 heteroatoms. The first kappa shape index (κ1) is 10.5. The van der Waals surface area contributed by atoms with Gasteiger partial charge < -0.3 is 0 Å². The van der Waals surface area contributed by atoms with Gasteiger partial charge in [0, 0.05) is 22.5 Å². The van der Waals surface area contributed by atoms with Crippen molar-refractivity contribution >= 4 is 34.4 Å². The van der Waals surface area contributed by atoms with Crippen LogP contribution >= 0.6 is 0 Å². The highest BCUT2D eigenvalue weighted by atomic mass is 16.1. The quantitative estimate of drug-likeness (QED) is 0.506. The van der Waals surface area contributed by atoms with Crippen LogP contribution in [0.15, 0.2) is 36.5 Å². The lowest BCUT2D eigenvalue weighted by molar-refractivity contribution is 0.109. The predicted octanol–water partition coefficient (Wildman–Crippen LogP) is 2.41. The maximum atomic E-state index is 10.9. The molecule has 0 unspecified atom stereocenters. The first-order chi connectivity index (χ1) is 8.83. The minimum Gasteiger partial charge on any atom is -0.298 e. The van der Waals surface area contributed by atoms with Crippen molar-refractivity contribution in [3.8, 4) is 0 Å². The number of benzene rings is 1. The van der Waals surface area contributed by atoms with Gasteiger partial charge in [-0.25, -0.2) is 4.98 Å². The molecule has 0 saturated heterocycles. The van der Waals surface area contributed by atoms with Gasteiger partial charge in [0.1, 0.15) is 5.69 Å². The second-order valence-corrected chi connectivity index (χ2v) is 3.91. The van der Waals surface area contributed by atoms with Crippen LogP contribution in [0.5, 0.6) is 0 Å². The Morgan fingerprint density at radius 2 is 1.78 bits per heavy atom. The van der Waals surface area contributed by atoms with E-state index in [1.54, 1.807) is 12.3 Å². The Morgan fingerprint density at radius 3 is 2.56 bits per heavy atom. The molecule has 2 aromatic heterocycles. The second-order valence-electron chi connectivity index (χ2n) is 3.91. The number of rotatable bonds is 2. The number of carbonyl (C=O) groups excluding carboxylic acids is 2. The number of fused-ring (bicyclic) bond motifs is 3. The zero-order chi connectivity index (χ0) is 12.5. The molecule has 0 aliphatic rings. The largest absolute Gasteiger partial charge is 0.298 e. The molecule has 0 N–H and O–H groups in total. The van der Waals surface area contributed by atoms with Crippen LogP contribution in [0.4, 0.5) is 0 Å². The van der Waals surface area contributed by atoms with Crippen LogP contribution in [-0.2, 0) is 0 Å². The first-order valence-electron chi connectivity index (χ1n) is 5.42. The molecule has 0 bridgehead atoms. The van der Waals surface area contributed by atoms with Gasteiger partial charge in [-0.15, -0.1) is 0 Å². The molecule has 0 aliphatic heterocycles. The van der Waals surface area contributed by atoms with Crippen molar-refractivity contribution in [1.29, 1.82) is 0 Å². The number of hydrogen-bond acceptors (Lipinski definition) is 4. The third-order valence-corrected chi connectivity index (χ3v) is 2.86. The average molecular weight is 236 g/mol. The fraction of sp³-hybridized carbons (Fsp3) is 0. The van der Waals surface area contributed by atoms with Crippen molar-refractivity contribution in [3.05, 3.63) is 47.8 Å². The molecule has 0 aliphatic carbocycles. The van der Waals surface area contributed by atoms with Crippen LogP contribution in [-0.4, -0.2) is 22.5 Å². The Balaban J connectivity index is 2.50. The Hall–Kier alpha value is -2.62. The van der Waals surface area contributed by atoms with E-state index in [1.807, 2.05) is 24.3 Å². The van der Waals surface area contributed by atoms with Crippen molar-refractivity contribution in [2.24, 2.45) is 0 Å². The van der Waals surface area contributed by atoms with Crippen molar-refractivity contribution < 1.29 is 9.59 Å². The number of hydrogen-bond donors (Lipinski definition) is 0. The van der Waals surface area contributed by atoms with Crippen LogP contribution in [0.25, 0.3) is 21.8 Å². The lowest BCUT2D eigenvalue weighted by Gasteiger charge is -2.04. The van der Waals surface area contributed by atoms with E-state index in [9.17, 15) is 9.59 Å². The van der Waals surface area contributed by atoms with E-state index in [-0.39, 0.29) is 5.69 Å². The molecule has 0 atom stereocenters. The highest BCUT2D eigenvalue weighted by Gasteiger charge is 2.08. The molecule has 86 valence electrons. The lowest BCUT2D eigenvalue weighted by Crippen LogP contribution is -1.97. The maximum Gasteiger partial charge on any atom is 0.169 e. The summed E-state index contributed by atoms with van der Waals surface area (Å²) in [5, 5.41) is 1.75. The number of nitrogens with zero attached hydrogens (tertiary/aromatic N) is 2. The standard InChI is InChI=1S/C14H8N2O2/c17-7-11-6-10-4-3-9-2-1-5-15-13(9)14(10)16-12(11)8-18/h1-8H. The summed E-state index contributed by atoms with van der Waals surface area (Å²) < 4.78 is 0. The average Bonchev–Trinajstić information content (AvgIpc) is 2.45. The third kappa shape index (κ3) is 1.47. The minimum atomic E-state index is 0.149. The summed E-state index contributed by atoms with van der Waals surface area (Å²) in [6.07, 6.45) is 2.90. The summed E-state index contributed by atoms with van der Waals surface area (Å²) in [6.45, 7) is 0. The van der Waals surface area contributed by atoms with Crippen LogP contribution in [0.2, 0.25) is 0 Å². The summed E-state index contributed by atoms with van der Waals surface area (Å²) in [6, 6.07) is 9.22. The van der Waals surface area contributed by atoms with E-state index in [4.69, 9.17) is 0 Å². The highest BCUT2D eigenvalue weighted by molar-refractivity contribution is 6.05. The Labute approximate surface area is 102 Å². The third-order valence-electron chi connectivity index (χ3n) is 2.86. The van der Waals surface area contributed by atoms with Crippen molar-refractivity contribution in [1.82, 2.24) is 9.97 Å². The van der Waals surface area contributed by atoms with Gasteiger partial charge in [-0.05, 0) is 12.1 Å². The fourth-order valence-corrected chi connectivity index (χ4v) is 1.99. The topological polar surface area (TPSA) is 59.9 Å². The van der Waals surface area contributed by atoms with Gasteiger partial charge >= 0.3 is 0 Å². The van der Waals surface area contributed by atoms with E-state index in [0.717, 1.165) is 16.3 Å². The zero-order valence-electron chi connectivity index (χ0n) is 9.33. The molecule has 3 rings (SSSR count). The van der Waals surface area contributed by atoms with Gasteiger partial charge in [-0.2, -0.15) is 0 Å². The van der Waals surface area contributed by atoms with Gasteiger partial charge in [0.15, 0.2) is 12.6 Å². The molecule has 0 radical (unpaired) electrons. The molecule has 0 saturated carbocycles. The SMILES string of the molecule is O=Cc1cc2ccc3cccnc3c2nc1C=O. The molecule has 0 spiro atoms. The predicted molar refractivity (Wildman–Crippen MR) is 67.8 cm³/mol. The molecule has 0 fully saturated rings. The number of pyridine rings is 2. The summed E-state index contributed by atoms with van der Waals surface area (Å²) >= 11 is 0. The molecular formula is C14H8N2O2. The normalized spacial score (nSPS) is 10.7. The van der Waals surface area contributed by atoms with Crippen molar-refractivity contribution in [3.63, 3.8) is 0 Å². The Bertz CT molecular complexity index is 781. The molecule has 1 aromatic carbocycles. The number of aromatic nitrogens is 2. The van der Waals surface area contributed by atoms with E-state index < -0.39 is 0 Å². The summed E-state index contributed by atoms with van der Waals surface area (Å²) in [7, 11) is 0. The molecule has 0 amide bonds. The van der Waals surface area contributed by atoms with Gasteiger partial charge in [0.25, 0.3) is 0 Å².